The minimum atomic E-state index is -0.457. The van der Waals surface area contributed by atoms with E-state index in [1.807, 2.05) is 0 Å². The molecular weight excluding hydrogens is 398 g/mol. The highest BCUT2D eigenvalue weighted by atomic mass is 32.1. The van der Waals surface area contributed by atoms with E-state index in [0.29, 0.717) is 38.9 Å². The van der Waals surface area contributed by atoms with Gasteiger partial charge in [-0.25, -0.2) is 4.68 Å². The second kappa shape index (κ2) is 7.39. The lowest BCUT2D eigenvalue weighted by Gasteiger charge is -2.07. The van der Waals surface area contributed by atoms with Crippen LogP contribution in [0.2, 0.25) is 0 Å². The van der Waals surface area contributed by atoms with E-state index in [9.17, 15) is 14.9 Å². The van der Waals surface area contributed by atoms with Crippen molar-refractivity contribution in [1.29, 1.82) is 0 Å². The average molecular weight is 413 g/mol. The van der Waals surface area contributed by atoms with E-state index in [-0.39, 0.29) is 17.8 Å². The molecule has 0 atom stereocenters. The van der Waals surface area contributed by atoms with Gasteiger partial charge in [-0.1, -0.05) is 28.6 Å². The summed E-state index contributed by atoms with van der Waals surface area (Å²) in [5.41, 5.74) is 1.76. The molecule has 0 aliphatic heterocycles. The number of aryl methyl sites for hydroxylation is 1. The van der Waals surface area contributed by atoms with Gasteiger partial charge in [0.25, 0.3) is 11.2 Å². The van der Waals surface area contributed by atoms with Crippen LogP contribution in [0.3, 0.4) is 0 Å². The molecule has 0 aliphatic carbocycles. The van der Waals surface area contributed by atoms with Crippen molar-refractivity contribution in [2.24, 2.45) is 0 Å². The lowest BCUT2D eigenvalue weighted by atomic mass is 10.1. The molecule has 3 heterocycles. The highest BCUT2D eigenvalue weighted by Gasteiger charge is 2.19. The molecule has 0 bridgehead atoms. The molecule has 0 amide bonds. The van der Waals surface area contributed by atoms with Crippen LogP contribution in [0.25, 0.3) is 11.0 Å². The van der Waals surface area contributed by atoms with Gasteiger partial charge in [-0.3, -0.25) is 14.9 Å². The van der Waals surface area contributed by atoms with Crippen molar-refractivity contribution < 1.29 is 9.45 Å². The van der Waals surface area contributed by atoms with Crippen molar-refractivity contribution in [2.45, 2.75) is 19.9 Å². The van der Waals surface area contributed by atoms with E-state index >= 15 is 0 Å². The first-order chi connectivity index (χ1) is 14.0. The topological polar surface area (TPSA) is 142 Å². The highest BCUT2D eigenvalue weighted by Crippen LogP contribution is 2.22. The van der Waals surface area contributed by atoms with Crippen LogP contribution < -0.4 is 10.9 Å². The Hall–Kier alpha value is -3.67. The smallest absolute Gasteiger partial charge is 0.280 e. The van der Waals surface area contributed by atoms with Gasteiger partial charge < -0.3 is 9.84 Å². The molecule has 0 unspecified atom stereocenters. The molecule has 0 fully saturated rings. The number of non-ortho nitro benzene ring substituents is 1. The second-order valence-corrected chi connectivity index (χ2v) is 7.29. The first-order valence-corrected chi connectivity index (χ1v) is 9.37. The van der Waals surface area contributed by atoms with E-state index in [1.165, 1.54) is 28.2 Å². The number of nitro benzene ring substituents is 1. The number of fused-ring (bicyclic) bond motifs is 1. The molecule has 1 aromatic carbocycles. The molecule has 0 radical (unpaired) electrons. The van der Waals surface area contributed by atoms with Crippen molar-refractivity contribution in [3.05, 3.63) is 66.7 Å². The lowest BCUT2D eigenvalue weighted by Crippen LogP contribution is -2.25. The molecule has 0 saturated heterocycles. The maximum absolute atomic E-state index is 12.9. The molecule has 4 aromatic rings. The Bertz CT molecular complexity index is 1260. The minimum absolute atomic E-state index is 0.00365. The summed E-state index contributed by atoms with van der Waals surface area (Å²) in [6.07, 6.45) is 0.321. The molecule has 0 spiro atoms. The molecule has 148 valence electrons. The predicted molar refractivity (Wildman–Crippen MR) is 105 cm³/mol. The van der Waals surface area contributed by atoms with Crippen LogP contribution in [-0.4, -0.2) is 37.1 Å². The van der Waals surface area contributed by atoms with E-state index < -0.39 is 4.92 Å². The summed E-state index contributed by atoms with van der Waals surface area (Å²) in [5, 5.41) is 31.8. The number of anilines is 1. The van der Waals surface area contributed by atoms with E-state index in [2.05, 4.69) is 25.8 Å². The van der Waals surface area contributed by atoms with E-state index in [4.69, 9.17) is 4.52 Å². The van der Waals surface area contributed by atoms with Gasteiger partial charge in [0.15, 0.2) is 5.58 Å². The molecule has 0 saturated carbocycles. The third-order valence-corrected chi connectivity index (χ3v) is 5.22. The van der Waals surface area contributed by atoms with Gasteiger partial charge in [-0.2, -0.15) is 5.10 Å². The zero-order valence-corrected chi connectivity index (χ0v) is 16.3. The number of hydrogen-bond acceptors (Lipinski definition) is 10. The molecule has 11 nitrogen and oxygen atoms in total. The summed E-state index contributed by atoms with van der Waals surface area (Å²) in [7, 11) is 1.74. The van der Waals surface area contributed by atoms with Crippen LogP contribution >= 0.6 is 11.3 Å². The SMILES string of the molecule is CNc1nnc(Cn2nc(Cc3ccc([N+](=O)[O-])cc3)c3onc(C)c3c2=O)s1. The van der Waals surface area contributed by atoms with Crippen LogP contribution in [0.4, 0.5) is 10.8 Å². The van der Waals surface area contributed by atoms with Gasteiger partial charge in [-0.15, -0.1) is 10.2 Å². The Kier molecular flexibility index (Phi) is 4.76. The van der Waals surface area contributed by atoms with Crippen LogP contribution in [0.15, 0.2) is 33.6 Å². The van der Waals surface area contributed by atoms with Crippen LogP contribution in [0.1, 0.15) is 22.0 Å². The highest BCUT2D eigenvalue weighted by molar-refractivity contribution is 7.15. The molecular formula is C17H15N7O4S. The van der Waals surface area contributed by atoms with Crippen molar-refractivity contribution >= 4 is 33.1 Å². The molecule has 4 rings (SSSR count). The Morgan fingerprint density at radius 3 is 2.69 bits per heavy atom. The van der Waals surface area contributed by atoms with Crippen molar-refractivity contribution in [2.75, 3.05) is 12.4 Å². The summed E-state index contributed by atoms with van der Waals surface area (Å²) in [6.45, 7) is 1.85. The van der Waals surface area contributed by atoms with Gasteiger partial charge in [0.05, 0.1) is 17.2 Å². The first-order valence-electron chi connectivity index (χ1n) is 8.55. The molecule has 1 N–H and O–H groups in total. The second-order valence-electron chi connectivity index (χ2n) is 6.23. The molecule has 3 aromatic heterocycles. The monoisotopic (exact) mass is 413 g/mol. The van der Waals surface area contributed by atoms with Gasteiger partial charge in [0, 0.05) is 25.6 Å². The van der Waals surface area contributed by atoms with Crippen LogP contribution in [0.5, 0.6) is 0 Å². The fourth-order valence-corrected chi connectivity index (χ4v) is 3.56. The number of nitrogens with zero attached hydrogens (tertiary/aromatic N) is 6. The summed E-state index contributed by atoms with van der Waals surface area (Å²) < 4.78 is 6.66. The fraction of sp³-hybridized carbons (Fsp3) is 0.235. The Labute approximate surface area is 167 Å². The Balaban J connectivity index is 1.75. The van der Waals surface area contributed by atoms with Gasteiger partial charge in [0.2, 0.25) is 5.13 Å². The standard InChI is InChI=1S/C17H15N7O4S/c1-9-14-15(28-22-9)12(7-10-3-5-11(6-4-10)24(26)27)21-23(16(14)25)8-13-19-20-17(18-2)29-13/h3-6H,7-8H2,1-2H3,(H,18,20). The maximum atomic E-state index is 12.9. The summed E-state index contributed by atoms with van der Waals surface area (Å²) in [6, 6.07) is 6.14. The third kappa shape index (κ3) is 3.57. The number of nitro groups is 1. The largest absolute Gasteiger partial charge is 0.363 e. The number of nitrogens with one attached hydrogen (secondary N) is 1. The van der Waals surface area contributed by atoms with Crippen molar-refractivity contribution in [1.82, 2.24) is 25.1 Å². The summed E-state index contributed by atoms with van der Waals surface area (Å²) >= 11 is 1.33. The lowest BCUT2D eigenvalue weighted by molar-refractivity contribution is -0.384. The van der Waals surface area contributed by atoms with Crippen molar-refractivity contribution in [3.8, 4) is 0 Å². The Morgan fingerprint density at radius 2 is 2.03 bits per heavy atom. The maximum Gasteiger partial charge on any atom is 0.280 e. The zero-order valence-electron chi connectivity index (χ0n) is 15.4. The Morgan fingerprint density at radius 1 is 1.28 bits per heavy atom. The number of rotatable bonds is 6. The normalized spacial score (nSPS) is 11.1. The van der Waals surface area contributed by atoms with Crippen LogP contribution in [-0.2, 0) is 13.0 Å². The molecule has 12 heteroatoms. The first kappa shape index (κ1) is 18.7. The average Bonchev–Trinajstić information content (AvgIpc) is 3.32. The molecule has 0 aliphatic rings. The van der Waals surface area contributed by atoms with Gasteiger partial charge in [-0.05, 0) is 12.5 Å². The fourth-order valence-electron chi connectivity index (χ4n) is 2.88. The van der Waals surface area contributed by atoms with Gasteiger partial charge >= 0.3 is 0 Å². The van der Waals surface area contributed by atoms with E-state index in [1.54, 1.807) is 26.1 Å². The predicted octanol–water partition coefficient (Wildman–Crippen LogP) is 2.13. The summed E-state index contributed by atoms with van der Waals surface area (Å²) in [5.74, 6) is 0. The number of benzene rings is 1. The van der Waals surface area contributed by atoms with E-state index in [0.717, 1.165) is 5.56 Å². The number of hydrogen-bond donors (Lipinski definition) is 1. The quantitative estimate of drug-likeness (QED) is 0.371. The molecule has 29 heavy (non-hydrogen) atoms. The summed E-state index contributed by atoms with van der Waals surface area (Å²) in [4.78, 5) is 23.3. The van der Waals surface area contributed by atoms with Crippen molar-refractivity contribution in [3.63, 3.8) is 0 Å². The third-order valence-electron chi connectivity index (χ3n) is 4.30. The van der Waals surface area contributed by atoms with Gasteiger partial charge in [0.1, 0.15) is 16.1 Å². The van der Waals surface area contributed by atoms with Crippen LogP contribution in [0, 0.1) is 17.0 Å². The zero-order chi connectivity index (χ0) is 20.5. The number of aromatic nitrogens is 5. The minimum Gasteiger partial charge on any atom is -0.363 e.